The van der Waals surface area contributed by atoms with Crippen LogP contribution in [0.15, 0.2) is 6.07 Å². The number of aryl methyl sites for hydroxylation is 1. The van der Waals surface area contributed by atoms with Crippen molar-refractivity contribution >= 4 is 17.2 Å². The number of hydrogen-bond acceptors (Lipinski definition) is 3. The summed E-state index contributed by atoms with van der Waals surface area (Å²) in [5, 5.41) is 0. The first kappa shape index (κ1) is 15.1. The molecule has 1 fully saturated rings. The van der Waals surface area contributed by atoms with Crippen LogP contribution in [0.1, 0.15) is 46.8 Å². The van der Waals surface area contributed by atoms with Crippen molar-refractivity contribution in [3.63, 3.8) is 0 Å². The standard InChI is InChI=1S/C16H22N2OS/c1-11-6-5-9-18(13(11)3)16(19)15-10-12(2)14(20-15)7-4-8-17/h10-11,13H,5-6,8-9,17H2,1-3H3. The van der Waals surface area contributed by atoms with Crippen LogP contribution in [0.25, 0.3) is 0 Å². The summed E-state index contributed by atoms with van der Waals surface area (Å²) < 4.78 is 0. The van der Waals surface area contributed by atoms with E-state index in [-0.39, 0.29) is 5.91 Å². The van der Waals surface area contributed by atoms with Crippen LogP contribution in [-0.4, -0.2) is 29.9 Å². The predicted molar refractivity (Wildman–Crippen MR) is 83.9 cm³/mol. The molecule has 1 aliphatic heterocycles. The van der Waals surface area contributed by atoms with Gasteiger partial charge in [0.2, 0.25) is 0 Å². The SMILES string of the molecule is Cc1cc(C(=O)N2CCCC(C)C2C)sc1C#CCN. The molecule has 2 rings (SSSR count). The number of thiophene rings is 1. The number of rotatable bonds is 1. The number of amides is 1. The summed E-state index contributed by atoms with van der Waals surface area (Å²) in [6, 6.07) is 2.27. The number of hydrogen-bond donors (Lipinski definition) is 1. The maximum Gasteiger partial charge on any atom is 0.264 e. The highest BCUT2D eigenvalue weighted by Gasteiger charge is 2.29. The summed E-state index contributed by atoms with van der Waals surface area (Å²) >= 11 is 1.48. The molecule has 2 heterocycles. The average molecular weight is 290 g/mol. The Labute approximate surface area is 125 Å². The third-order valence-electron chi connectivity index (χ3n) is 4.07. The zero-order valence-corrected chi connectivity index (χ0v) is 13.2. The molecule has 2 atom stereocenters. The molecular formula is C16H22N2OS. The molecule has 108 valence electrons. The summed E-state index contributed by atoms with van der Waals surface area (Å²) in [5.74, 6) is 6.63. The Bertz CT molecular complexity index is 553. The molecule has 3 nitrogen and oxygen atoms in total. The fraction of sp³-hybridized carbons (Fsp3) is 0.562. The second-order valence-electron chi connectivity index (χ2n) is 5.49. The quantitative estimate of drug-likeness (QED) is 0.808. The summed E-state index contributed by atoms with van der Waals surface area (Å²) in [6.07, 6.45) is 2.31. The molecular weight excluding hydrogens is 268 g/mol. The lowest BCUT2D eigenvalue weighted by Gasteiger charge is -2.37. The van der Waals surface area contributed by atoms with Crippen molar-refractivity contribution in [3.8, 4) is 11.8 Å². The maximum absolute atomic E-state index is 12.7. The van der Waals surface area contributed by atoms with Gasteiger partial charge in [-0.05, 0) is 44.2 Å². The first-order valence-corrected chi connectivity index (χ1v) is 7.96. The van der Waals surface area contributed by atoms with Gasteiger partial charge < -0.3 is 10.6 Å². The number of likely N-dealkylation sites (tertiary alicyclic amines) is 1. The zero-order valence-electron chi connectivity index (χ0n) is 12.4. The number of piperidine rings is 1. The van der Waals surface area contributed by atoms with Gasteiger partial charge in [-0.15, -0.1) is 11.3 Å². The lowest BCUT2D eigenvalue weighted by Crippen LogP contribution is -2.45. The molecule has 2 unspecified atom stereocenters. The Morgan fingerprint density at radius 1 is 1.55 bits per heavy atom. The van der Waals surface area contributed by atoms with E-state index in [1.807, 2.05) is 17.9 Å². The maximum atomic E-state index is 12.7. The molecule has 1 amide bonds. The number of nitrogens with two attached hydrogens (primary N) is 1. The zero-order chi connectivity index (χ0) is 14.7. The van der Waals surface area contributed by atoms with Gasteiger partial charge in [0, 0.05) is 12.6 Å². The molecule has 0 saturated carbocycles. The third-order valence-corrected chi connectivity index (χ3v) is 5.21. The number of carbonyl (C=O) groups excluding carboxylic acids is 1. The smallest absolute Gasteiger partial charge is 0.264 e. The Hall–Kier alpha value is -1.31. The molecule has 0 bridgehead atoms. The Morgan fingerprint density at radius 3 is 3.00 bits per heavy atom. The third kappa shape index (κ3) is 3.05. The van der Waals surface area contributed by atoms with Crippen LogP contribution < -0.4 is 5.73 Å². The van der Waals surface area contributed by atoms with Crippen molar-refractivity contribution in [2.45, 2.75) is 39.7 Å². The molecule has 2 N–H and O–H groups in total. The molecule has 1 aliphatic rings. The fourth-order valence-corrected chi connectivity index (χ4v) is 3.61. The summed E-state index contributed by atoms with van der Waals surface area (Å²) in [4.78, 5) is 16.4. The van der Waals surface area contributed by atoms with E-state index in [2.05, 4.69) is 25.7 Å². The Morgan fingerprint density at radius 2 is 2.30 bits per heavy atom. The van der Waals surface area contributed by atoms with Gasteiger partial charge >= 0.3 is 0 Å². The first-order chi connectivity index (χ1) is 9.54. The van der Waals surface area contributed by atoms with Gasteiger partial charge in [0.1, 0.15) is 0 Å². The van der Waals surface area contributed by atoms with Gasteiger partial charge in [-0.25, -0.2) is 0 Å². The monoisotopic (exact) mass is 290 g/mol. The normalized spacial score (nSPS) is 22.3. The molecule has 1 aromatic rings. The van der Waals surface area contributed by atoms with E-state index >= 15 is 0 Å². The van der Waals surface area contributed by atoms with E-state index in [1.54, 1.807) is 0 Å². The predicted octanol–water partition coefficient (Wildman–Crippen LogP) is 2.63. The van der Waals surface area contributed by atoms with Crippen LogP contribution >= 0.6 is 11.3 Å². The van der Waals surface area contributed by atoms with Crippen molar-refractivity contribution < 1.29 is 4.79 Å². The topological polar surface area (TPSA) is 46.3 Å². The van der Waals surface area contributed by atoms with Crippen LogP contribution in [0, 0.1) is 24.7 Å². The molecule has 0 spiro atoms. The number of nitrogens with zero attached hydrogens (tertiary/aromatic N) is 1. The van der Waals surface area contributed by atoms with Gasteiger partial charge in [0.05, 0.1) is 16.3 Å². The van der Waals surface area contributed by atoms with Gasteiger partial charge in [-0.1, -0.05) is 18.8 Å². The molecule has 0 aromatic carbocycles. The highest BCUT2D eigenvalue weighted by Crippen LogP contribution is 2.28. The largest absolute Gasteiger partial charge is 0.335 e. The summed E-state index contributed by atoms with van der Waals surface area (Å²) in [6.45, 7) is 7.59. The minimum atomic E-state index is 0.151. The van der Waals surface area contributed by atoms with Crippen molar-refractivity contribution in [2.24, 2.45) is 11.7 Å². The highest BCUT2D eigenvalue weighted by atomic mass is 32.1. The summed E-state index contributed by atoms with van der Waals surface area (Å²) in [7, 11) is 0. The number of carbonyl (C=O) groups is 1. The van der Waals surface area contributed by atoms with Crippen molar-refractivity contribution in [2.75, 3.05) is 13.1 Å². The molecule has 4 heteroatoms. The average Bonchev–Trinajstić information content (AvgIpc) is 2.80. The van der Waals surface area contributed by atoms with E-state index in [0.717, 1.165) is 28.3 Å². The van der Waals surface area contributed by atoms with Gasteiger partial charge in [0.25, 0.3) is 5.91 Å². The van der Waals surface area contributed by atoms with Crippen molar-refractivity contribution in [3.05, 3.63) is 21.4 Å². The second-order valence-corrected chi connectivity index (χ2v) is 6.54. The molecule has 1 aromatic heterocycles. The lowest BCUT2D eigenvalue weighted by molar-refractivity contribution is 0.0556. The van der Waals surface area contributed by atoms with Crippen molar-refractivity contribution in [1.29, 1.82) is 0 Å². The van der Waals surface area contributed by atoms with Gasteiger partial charge in [0.15, 0.2) is 0 Å². The summed E-state index contributed by atoms with van der Waals surface area (Å²) in [5.41, 5.74) is 6.47. The lowest BCUT2D eigenvalue weighted by atomic mass is 9.92. The van der Waals surface area contributed by atoms with Gasteiger partial charge in [-0.3, -0.25) is 4.79 Å². The minimum Gasteiger partial charge on any atom is -0.335 e. The van der Waals surface area contributed by atoms with Crippen LogP contribution in [0.2, 0.25) is 0 Å². The van der Waals surface area contributed by atoms with E-state index < -0.39 is 0 Å². The van der Waals surface area contributed by atoms with E-state index in [1.165, 1.54) is 17.8 Å². The van der Waals surface area contributed by atoms with Crippen LogP contribution in [0.4, 0.5) is 0 Å². The van der Waals surface area contributed by atoms with Gasteiger partial charge in [-0.2, -0.15) is 0 Å². The fourth-order valence-electron chi connectivity index (χ4n) is 2.61. The van der Waals surface area contributed by atoms with E-state index in [0.29, 0.717) is 18.5 Å². The Kier molecular flexibility index (Phi) is 4.85. The van der Waals surface area contributed by atoms with E-state index in [4.69, 9.17) is 5.73 Å². The molecule has 0 radical (unpaired) electrons. The highest BCUT2D eigenvalue weighted by molar-refractivity contribution is 7.14. The minimum absolute atomic E-state index is 0.151. The Balaban J connectivity index is 2.21. The van der Waals surface area contributed by atoms with Crippen molar-refractivity contribution in [1.82, 2.24) is 4.90 Å². The molecule has 0 aliphatic carbocycles. The van der Waals surface area contributed by atoms with Crippen LogP contribution in [0.5, 0.6) is 0 Å². The first-order valence-electron chi connectivity index (χ1n) is 7.15. The van der Waals surface area contributed by atoms with Crippen LogP contribution in [-0.2, 0) is 0 Å². The molecule has 20 heavy (non-hydrogen) atoms. The van der Waals surface area contributed by atoms with E-state index in [9.17, 15) is 4.79 Å². The van der Waals surface area contributed by atoms with Crippen LogP contribution in [0.3, 0.4) is 0 Å². The second kappa shape index (κ2) is 6.43. The molecule has 1 saturated heterocycles.